The van der Waals surface area contributed by atoms with Crippen LogP contribution in [0.2, 0.25) is 0 Å². The van der Waals surface area contributed by atoms with E-state index in [1.54, 1.807) is 0 Å². The summed E-state index contributed by atoms with van der Waals surface area (Å²) in [6, 6.07) is 9.40. The number of benzene rings is 1. The monoisotopic (exact) mass is 383 g/mol. The van der Waals surface area contributed by atoms with Gasteiger partial charge >= 0.3 is 0 Å². The molecular formula is C20H25N5O3. The van der Waals surface area contributed by atoms with E-state index < -0.39 is 6.10 Å². The SMILES string of the molecule is CCNc1cc(N2CCN(C(=O)C3COc4ccccc4O3)CC2)nc(C)n1. The molecular weight excluding hydrogens is 358 g/mol. The molecule has 1 N–H and O–H groups in total. The fourth-order valence-corrected chi connectivity index (χ4v) is 3.49. The number of ether oxygens (including phenoxy) is 2. The van der Waals surface area contributed by atoms with E-state index in [2.05, 4.69) is 20.2 Å². The second-order valence-corrected chi connectivity index (χ2v) is 6.87. The zero-order chi connectivity index (χ0) is 19.5. The number of hydrogen-bond donors (Lipinski definition) is 1. The highest BCUT2D eigenvalue weighted by molar-refractivity contribution is 5.82. The highest BCUT2D eigenvalue weighted by Gasteiger charge is 2.32. The lowest BCUT2D eigenvalue weighted by atomic mass is 10.2. The Kier molecular flexibility index (Phi) is 5.18. The molecule has 0 radical (unpaired) electrons. The van der Waals surface area contributed by atoms with Crippen molar-refractivity contribution in [3.63, 3.8) is 0 Å². The summed E-state index contributed by atoms with van der Waals surface area (Å²) in [5.41, 5.74) is 0. The van der Waals surface area contributed by atoms with Crippen LogP contribution in [0.1, 0.15) is 12.7 Å². The molecule has 28 heavy (non-hydrogen) atoms. The summed E-state index contributed by atoms with van der Waals surface area (Å²) in [6.07, 6.45) is -0.594. The van der Waals surface area contributed by atoms with Gasteiger partial charge in [0.05, 0.1) is 0 Å². The second kappa shape index (κ2) is 7.92. The molecule has 2 aromatic rings. The van der Waals surface area contributed by atoms with Gasteiger partial charge in [0.1, 0.15) is 24.1 Å². The van der Waals surface area contributed by atoms with Gasteiger partial charge in [-0.05, 0) is 26.0 Å². The van der Waals surface area contributed by atoms with Crippen molar-refractivity contribution in [3.8, 4) is 11.5 Å². The summed E-state index contributed by atoms with van der Waals surface area (Å²) in [4.78, 5) is 25.8. The Morgan fingerprint density at radius 1 is 1.18 bits per heavy atom. The Morgan fingerprint density at radius 2 is 1.93 bits per heavy atom. The van der Waals surface area contributed by atoms with Crippen LogP contribution in [0.3, 0.4) is 0 Å². The summed E-state index contributed by atoms with van der Waals surface area (Å²) in [6.45, 7) is 7.67. The van der Waals surface area contributed by atoms with Crippen LogP contribution in [0.25, 0.3) is 0 Å². The van der Waals surface area contributed by atoms with Gasteiger partial charge in [0.15, 0.2) is 11.5 Å². The third-order valence-corrected chi connectivity index (χ3v) is 4.88. The molecule has 1 atom stereocenters. The van der Waals surface area contributed by atoms with Crippen LogP contribution in [0.15, 0.2) is 30.3 Å². The Morgan fingerprint density at radius 3 is 2.68 bits per heavy atom. The molecule has 1 amide bonds. The summed E-state index contributed by atoms with van der Waals surface area (Å²) in [5.74, 6) is 3.74. The normalized spacial score (nSPS) is 18.7. The van der Waals surface area contributed by atoms with Crippen LogP contribution in [-0.4, -0.2) is 66.2 Å². The van der Waals surface area contributed by atoms with Gasteiger partial charge in [0.2, 0.25) is 6.10 Å². The number of para-hydroxylation sites is 2. The first kappa shape index (κ1) is 18.3. The van der Waals surface area contributed by atoms with E-state index in [1.165, 1.54) is 0 Å². The molecule has 2 aliphatic rings. The molecule has 1 saturated heterocycles. The van der Waals surface area contributed by atoms with E-state index >= 15 is 0 Å². The third-order valence-electron chi connectivity index (χ3n) is 4.88. The minimum Gasteiger partial charge on any atom is -0.485 e. The Hall–Kier alpha value is -3.03. The largest absolute Gasteiger partial charge is 0.485 e. The second-order valence-electron chi connectivity index (χ2n) is 6.87. The summed E-state index contributed by atoms with van der Waals surface area (Å²) < 4.78 is 11.5. The number of hydrogen-bond acceptors (Lipinski definition) is 7. The first-order valence-electron chi connectivity index (χ1n) is 9.66. The number of nitrogens with zero attached hydrogens (tertiary/aromatic N) is 4. The molecule has 3 heterocycles. The number of fused-ring (bicyclic) bond motifs is 1. The highest BCUT2D eigenvalue weighted by atomic mass is 16.6. The van der Waals surface area contributed by atoms with Crippen molar-refractivity contribution in [3.05, 3.63) is 36.2 Å². The predicted molar refractivity (Wildman–Crippen MR) is 106 cm³/mol. The molecule has 1 unspecified atom stereocenters. The number of nitrogens with one attached hydrogen (secondary N) is 1. The lowest BCUT2D eigenvalue weighted by molar-refractivity contribution is -0.141. The smallest absolute Gasteiger partial charge is 0.267 e. The van der Waals surface area contributed by atoms with Gasteiger partial charge in [0, 0.05) is 38.8 Å². The van der Waals surface area contributed by atoms with E-state index in [1.807, 2.05) is 49.1 Å². The average molecular weight is 383 g/mol. The number of anilines is 2. The predicted octanol–water partition coefficient (Wildman–Crippen LogP) is 1.71. The van der Waals surface area contributed by atoms with Crippen LogP contribution in [0.5, 0.6) is 11.5 Å². The van der Waals surface area contributed by atoms with E-state index in [0.717, 1.165) is 37.1 Å². The number of carbonyl (C=O) groups is 1. The Labute approximate surface area is 164 Å². The first-order chi connectivity index (χ1) is 13.6. The number of aromatic nitrogens is 2. The molecule has 1 aromatic heterocycles. The minimum absolute atomic E-state index is 0.0265. The Balaban J connectivity index is 1.37. The maximum atomic E-state index is 12.9. The van der Waals surface area contributed by atoms with Crippen molar-refractivity contribution in [1.29, 1.82) is 0 Å². The van der Waals surface area contributed by atoms with Crippen LogP contribution in [0.4, 0.5) is 11.6 Å². The van der Waals surface area contributed by atoms with Gasteiger partial charge in [-0.1, -0.05) is 12.1 Å². The number of aryl methyl sites for hydroxylation is 1. The minimum atomic E-state index is -0.594. The van der Waals surface area contributed by atoms with Gasteiger partial charge < -0.3 is 24.6 Å². The quantitative estimate of drug-likeness (QED) is 0.861. The first-order valence-corrected chi connectivity index (χ1v) is 9.66. The maximum absolute atomic E-state index is 12.9. The van der Waals surface area contributed by atoms with Crippen LogP contribution < -0.4 is 19.7 Å². The van der Waals surface area contributed by atoms with Crippen molar-refractivity contribution >= 4 is 17.5 Å². The molecule has 0 aliphatic carbocycles. The van der Waals surface area contributed by atoms with Crippen molar-refractivity contribution in [2.45, 2.75) is 20.0 Å². The Bertz CT molecular complexity index is 851. The summed E-state index contributed by atoms with van der Waals surface area (Å²) in [7, 11) is 0. The lowest BCUT2D eigenvalue weighted by Crippen LogP contribution is -2.54. The molecule has 8 nitrogen and oxygen atoms in total. The standard InChI is InChI=1S/C20H25N5O3/c1-3-21-18-12-19(23-14(2)22-18)24-8-10-25(11-9-24)20(26)17-13-27-15-6-4-5-7-16(15)28-17/h4-7,12,17H,3,8-11,13H2,1-2H3,(H,21,22,23). The molecule has 148 valence electrons. The van der Waals surface area contributed by atoms with Crippen LogP contribution in [-0.2, 0) is 4.79 Å². The van der Waals surface area contributed by atoms with E-state index in [0.29, 0.717) is 24.6 Å². The molecule has 2 aliphatic heterocycles. The third kappa shape index (κ3) is 3.81. The van der Waals surface area contributed by atoms with E-state index in [4.69, 9.17) is 9.47 Å². The molecule has 0 saturated carbocycles. The lowest BCUT2D eigenvalue weighted by Gasteiger charge is -2.37. The van der Waals surface area contributed by atoms with Crippen LogP contribution >= 0.6 is 0 Å². The number of carbonyl (C=O) groups excluding carboxylic acids is 1. The topological polar surface area (TPSA) is 79.8 Å². The summed E-state index contributed by atoms with van der Waals surface area (Å²) >= 11 is 0. The fourth-order valence-electron chi connectivity index (χ4n) is 3.49. The zero-order valence-corrected chi connectivity index (χ0v) is 16.2. The maximum Gasteiger partial charge on any atom is 0.267 e. The zero-order valence-electron chi connectivity index (χ0n) is 16.2. The van der Waals surface area contributed by atoms with Crippen LogP contribution in [0, 0.1) is 6.92 Å². The van der Waals surface area contributed by atoms with Crippen molar-refractivity contribution in [2.75, 3.05) is 49.5 Å². The van der Waals surface area contributed by atoms with Gasteiger partial charge in [-0.25, -0.2) is 9.97 Å². The van der Waals surface area contributed by atoms with Crippen molar-refractivity contribution in [1.82, 2.24) is 14.9 Å². The van der Waals surface area contributed by atoms with Gasteiger partial charge in [0.25, 0.3) is 5.91 Å². The van der Waals surface area contributed by atoms with E-state index in [9.17, 15) is 4.79 Å². The summed E-state index contributed by atoms with van der Waals surface area (Å²) in [5, 5.41) is 3.23. The van der Waals surface area contributed by atoms with Crippen molar-refractivity contribution < 1.29 is 14.3 Å². The highest BCUT2D eigenvalue weighted by Crippen LogP contribution is 2.31. The molecule has 4 rings (SSSR count). The number of rotatable bonds is 4. The molecule has 0 bridgehead atoms. The molecule has 8 heteroatoms. The molecule has 1 aromatic carbocycles. The van der Waals surface area contributed by atoms with Gasteiger partial charge in [-0.15, -0.1) is 0 Å². The number of amides is 1. The molecule has 0 spiro atoms. The average Bonchev–Trinajstić information content (AvgIpc) is 2.73. The van der Waals surface area contributed by atoms with Gasteiger partial charge in [-0.3, -0.25) is 4.79 Å². The van der Waals surface area contributed by atoms with Crippen molar-refractivity contribution in [2.24, 2.45) is 0 Å². The number of piperazine rings is 1. The van der Waals surface area contributed by atoms with Gasteiger partial charge in [-0.2, -0.15) is 0 Å². The molecule has 1 fully saturated rings. The van der Waals surface area contributed by atoms with E-state index in [-0.39, 0.29) is 12.5 Å². The fraction of sp³-hybridized carbons (Fsp3) is 0.450.